The van der Waals surface area contributed by atoms with Crippen molar-refractivity contribution in [1.82, 2.24) is 0 Å². The summed E-state index contributed by atoms with van der Waals surface area (Å²) in [5.41, 5.74) is 6.93. The van der Waals surface area contributed by atoms with Crippen LogP contribution in [0, 0.1) is 0 Å². The highest BCUT2D eigenvalue weighted by Gasteiger charge is 2.32. The largest absolute Gasteiger partial charge is 0.397 e. The van der Waals surface area contributed by atoms with E-state index in [0.717, 1.165) is 0 Å². The summed E-state index contributed by atoms with van der Waals surface area (Å²) in [7, 11) is -3.73. The molecule has 1 aliphatic rings. The fourth-order valence-corrected chi connectivity index (χ4v) is 2.77. The monoisotopic (exact) mass is 285 g/mol. The zero-order valence-corrected chi connectivity index (χ0v) is 11.9. The highest BCUT2D eigenvalue weighted by molar-refractivity contribution is 7.89. The van der Waals surface area contributed by atoms with Crippen LogP contribution in [0.15, 0.2) is 23.1 Å². The Morgan fingerprint density at radius 1 is 1.37 bits per heavy atom. The second-order valence-electron chi connectivity index (χ2n) is 5.28. The molecule has 0 saturated carbocycles. The maximum Gasteiger partial charge on any atom is 0.238 e. The first-order valence-corrected chi connectivity index (χ1v) is 7.54. The molecule has 1 fully saturated rings. The number of rotatable bonds is 2. The van der Waals surface area contributed by atoms with Crippen LogP contribution in [0.25, 0.3) is 0 Å². The Labute approximate surface area is 113 Å². The Balaban J connectivity index is 2.49. The topological polar surface area (TPSA) is 98.6 Å². The highest BCUT2D eigenvalue weighted by atomic mass is 32.2. The molecule has 7 heteroatoms. The van der Waals surface area contributed by atoms with Crippen molar-refractivity contribution in [3.05, 3.63) is 18.2 Å². The van der Waals surface area contributed by atoms with E-state index < -0.39 is 10.0 Å². The summed E-state index contributed by atoms with van der Waals surface area (Å²) < 4.78 is 28.3. The maximum atomic E-state index is 11.4. The lowest BCUT2D eigenvalue weighted by Crippen LogP contribution is -2.53. The van der Waals surface area contributed by atoms with E-state index >= 15 is 0 Å². The van der Waals surface area contributed by atoms with Gasteiger partial charge in [-0.05, 0) is 32.0 Å². The first-order valence-electron chi connectivity index (χ1n) is 5.99. The number of ether oxygens (including phenoxy) is 1. The van der Waals surface area contributed by atoms with Gasteiger partial charge in [-0.3, -0.25) is 0 Å². The number of hydrogen-bond acceptors (Lipinski definition) is 5. The van der Waals surface area contributed by atoms with Gasteiger partial charge in [-0.1, -0.05) is 0 Å². The van der Waals surface area contributed by atoms with E-state index in [-0.39, 0.29) is 10.4 Å². The van der Waals surface area contributed by atoms with Gasteiger partial charge >= 0.3 is 0 Å². The van der Waals surface area contributed by atoms with Gasteiger partial charge in [0.25, 0.3) is 0 Å². The van der Waals surface area contributed by atoms with Crippen molar-refractivity contribution in [2.75, 3.05) is 30.4 Å². The van der Waals surface area contributed by atoms with E-state index in [2.05, 4.69) is 4.90 Å². The lowest BCUT2D eigenvalue weighted by molar-refractivity contribution is 0.0644. The predicted octanol–water partition coefficient (Wildman–Crippen LogP) is 0.531. The number of anilines is 2. The Kier molecular flexibility index (Phi) is 3.46. The zero-order chi connectivity index (χ0) is 14.3. The number of nitrogens with two attached hydrogens (primary N) is 2. The molecule has 2 rings (SSSR count). The highest BCUT2D eigenvalue weighted by Crippen LogP contribution is 2.33. The normalized spacial score (nSPS) is 19.4. The predicted molar refractivity (Wildman–Crippen MR) is 74.5 cm³/mol. The lowest BCUT2D eigenvalue weighted by atomic mass is 10.0. The minimum atomic E-state index is -3.73. The SMILES string of the molecule is CC1(C)COCCN1c1cc(S(N)(=O)=O)ccc1N. The minimum Gasteiger partial charge on any atom is -0.397 e. The quantitative estimate of drug-likeness (QED) is 0.772. The lowest BCUT2D eigenvalue weighted by Gasteiger charge is -2.44. The zero-order valence-electron chi connectivity index (χ0n) is 11.1. The van der Waals surface area contributed by atoms with Gasteiger partial charge in [0.1, 0.15) is 0 Å². The molecule has 19 heavy (non-hydrogen) atoms. The van der Waals surface area contributed by atoms with Gasteiger partial charge in [0.05, 0.1) is 35.0 Å². The molecule has 0 unspecified atom stereocenters. The molecule has 1 aromatic rings. The summed E-state index contributed by atoms with van der Waals surface area (Å²) in [4.78, 5) is 2.12. The average Bonchev–Trinajstić information content (AvgIpc) is 2.28. The van der Waals surface area contributed by atoms with Crippen LogP contribution in [0.3, 0.4) is 0 Å². The molecular weight excluding hydrogens is 266 g/mol. The van der Waals surface area contributed by atoms with Crippen molar-refractivity contribution >= 4 is 21.4 Å². The van der Waals surface area contributed by atoms with E-state index in [9.17, 15) is 8.42 Å². The van der Waals surface area contributed by atoms with Crippen molar-refractivity contribution in [3.8, 4) is 0 Å². The van der Waals surface area contributed by atoms with Gasteiger partial charge in [-0.2, -0.15) is 0 Å². The molecule has 0 radical (unpaired) electrons. The van der Waals surface area contributed by atoms with Crippen LogP contribution < -0.4 is 15.8 Å². The summed E-state index contributed by atoms with van der Waals surface area (Å²) in [5.74, 6) is 0. The van der Waals surface area contributed by atoms with Crippen molar-refractivity contribution in [2.45, 2.75) is 24.3 Å². The molecule has 1 saturated heterocycles. The summed E-state index contributed by atoms with van der Waals surface area (Å²) in [6.07, 6.45) is 0. The molecule has 6 nitrogen and oxygen atoms in total. The molecule has 4 N–H and O–H groups in total. The van der Waals surface area contributed by atoms with Gasteiger partial charge in [0, 0.05) is 6.54 Å². The summed E-state index contributed by atoms with van der Waals surface area (Å²) in [5, 5.41) is 5.16. The van der Waals surface area contributed by atoms with Gasteiger partial charge in [-0.25, -0.2) is 13.6 Å². The molecule has 0 bridgehead atoms. The van der Waals surface area contributed by atoms with E-state index in [1.54, 1.807) is 6.07 Å². The fourth-order valence-electron chi connectivity index (χ4n) is 2.24. The summed E-state index contributed by atoms with van der Waals surface area (Å²) in [6.45, 7) is 5.85. The Morgan fingerprint density at radius 3 is 2.63 bits per heavy atom. The number of morpholine rings is 1. The fraction of sp³-hybridized carbons (Fsp3) is 0.500. The molecule has 1 aliphatic heterocycles. The van der Waals surface area contributed by atoms with Crippen LogP contribution in [-0.4, -0.2) is 33.7 Å². The van der Waals surface area contributed by atoms with Crippen LogP contribution in [-0.2, 0) is 14.8 Å². The van der Waals surface area contributed by atoms with Gasteiger partial charge < -0.3 is 15.4 Å². The van der Waals surface area contributed by atoms with Gasteiger partial charge in [-0.15, -0.1) is 0 Å². The second-order valence-corrected chi connectivity index (χ2v) is 6.84. The second kappa shape index (κ2) is 4.66. The third kappa shape index (κ3) is 2.83. The Bertz CT molecular complexity index is 584. The standard InChI is InChI=1S/C12H19N3O3S/c1-12(2)8-18-6-5-15(12)11-7-9(19(14,16)17)3-4-10(11)13/h3-4,7H,5-6,8,13H2,1-2H3,(H2,14,16,17). The van der Waals surface area contributed by atoms with Crippen molar-refractivity contribution in [3.63, 3.8) is 0 Å². The first-order chi connectivity index (χ1) is 8.72. The van der Waals surface area contributed by atoms with Crippen LogP contribution >= 0.6 is 0 Å². The summed E-state index contributed by atoms with van der Waals surface area (Å²) in [6, 6.07) is 4.51. The Hall–Kier alpha value is -1.31. The molecule has 1 aromatic carbocycles. The van der Waals surface area contributed by atoms with Crippen LogP contribution in [0.5, 0.6) is 0 Å². The van der Waals surface area contributed by atoms with Crippen molar-refractivity contribution < 1.29 is 13.2 Å². The number of hydrogen-bond donors (Lipinski definition) is 2. The third-order valence-corrected chi connectivity index (χ3v) is 4.18. The number of benzene rings is 1. The van der Waals surface area contributed by atoms with Crippen molar-refractivity contribution in [1.29, 1.82) is 0 Å². The van der Waals surface area contributed by atoms with Crippen molar-refractivity contribution in [2.24, 2.45) is 5.14 Å². The average molecular weight is 285 g/mol. The van der Waals surface area contributed by atoms with Gasteiger partial charge in [0.15, 0.2) is 0 Å². The molecule has 0 aliphatic carbocycles. The van der Waals surface area contributed by atoms with Gasteiger partial charge in [0.2, 0.25) is 10.0 Å². The van der Waals surface area contributed by atoms with E-state index in [1.807, 2.05) is 13.8 Å². The number of primary sulfonamides is 1. The molecule has 0 aromatic heterocycles. The number of nitrogens with zero attached hydrogens (tertiary/aromatic N) is 1. The number of nitrogen functional groups attached to an aromatic ring is 1. The molecule has 1 heterocycles. The Morgan fingerprint density at radius 2 is 2.05 bits per heavy atom. The molecular formula is C12H19N3O3S. The van der Waals surface area contributed by atoms with Crippen LogP contribution in [0.4, 0.5) is 11.4 Å². The molecule has 0 amide bonds. The van der Waals surface area contributed by atoms with E-state index in [0.29, 0.717) is 31.1 Å². The van der Waals surface area contributed by atoms with E-state index in [1.165, 1.54) is 12.1 Å². The first kappa shape index (κ1) is 14.1. The van der Waals surface area contributed by atoms with Crippen LogP contribution in [0.2, 0.25) is 0 Å². The summed E-state index contributed by atoms with van der Waals surface area (Å²) >= 11 is 0. The maximum absolute atomic E-state index is 11.4. The van der Waals surface area contributed by atoms with Crippen LogP contribution in [0.1, 0.15) is 13.8 Å². The van der Waals surface area contributed by atoms with E-state index in [4.69, 9.17) is 15.6 Å². The molecule has 106 valence electrons. The smallest absolute Gasteiger partial charge is 0.238 e. The molecule has 0 atom stereocenters. The molecule has 0 spiro atoms. The minimum absolute atomic E-state index is 0.0685. The third-order valence-electron chi connectivity index (χ3n) is 3.27. The number of sulfonamides is 1.